The molecule has 0 spiro atoms. The third-order valence-corrected chi connectivity index (χ3v) is 6.02. The smallest absolute Gasteiger partial charge is 0.227 e. The van der Waals surface area contributed by atoms with Crippen LogP contribution in [0.15, 0.2) is 0 Å². The molecule has 4 bridgehead atoms. The Bertz CT molecular complexity index is 456. The zero-order valence-corrected chi connectivity index (χ0v) is 13.1. The van der Waals surface area contributed by atoms with Gasteiger partial charge in [-0.2, -0.15) is 0 Å². The first kappa shape index (κ1) is 14.0. The van der Waals surface area contributed by atoms with Gasteiger partial charge in [0.15, 0.2) is 0 Å². The van der Waals surface area contributed by atoms with E-state index in [-0.39, 0.29) is 17.4 Å². The highest BCUT2D eigenvalue weighted by Crippen LogP contribution is 2.69. The van der Waals surface area contributed by atoms with Gasteiger partial charge in [-0.1, -0.05) is 26.7 Å². The largest absolute Gasteiger partial charge is 0.342 e. The van der Waals surface area contributed by atoms with E-state index in [1.54, 1.807) is 0 Å². The van der Waals surface area contributed by atoms with Crippen LogP contribution in [0.5, 0.6) is 0 Å². The van der Waals surface area contributed by atoms with E-state index in [9.17, 15) is 4.79 Å². The highest BCUT2D eigenvalue weighted by atomic mass is 16.2. The molecule has 0 saturated heterocycles. The predicted molar refractivity (Wildman–Crippen MR) is 80.9 cm³/mol. The first-order valence-corrected chi connectivity index (χ1v) is 8.09. The summed E-state index contributed by atoms with van der Waals surface area (Å²) in [5.41, 5.74) is 0.625. The minimum atomic E-state index is -0.132. The summed E-state index contributed by atoms with van der Waals surface area (Å²) in [6.45, 7) is 6.83. The Kier molecular flexibility index (Phi) is 2.98. The molecule has 1 N–H and O–H groups in total. The van der Waals surface area contributed by atoms with Crippen molar-refractivity contribution in [1.29, 1.82) is 0 Å². The first-order chi connectivity index (χ1) is 9.32. The molecule has 4 aliphatic rings. The second-order valence-electron chi connectivity index (χ2n) is 8.51. The third kappa shape index (κ3) is 2.07. The molecule has 20 heavy (non-hydrogen) atoms. The lowest BCUT2D eigenvalue weighted by Crippen LogP contribution is -2.60. The molecular weight excluding hydrogens is 246 g/mol. The molecule has 4 rings (SSSR count). The van der Waals surface area contributed by atoms with Gasteiger partial charge in [-0.05, 0) is 61.7 Å². The predicted octanol–water partition coefficient (Wildman–Crippen LogP) is 3.51. The van der Waals surface area contributed by atoms with Gasteiger partial charge in [0.1, 0.15) is 0 Å². The van der Waals surface area contributed by atoms with Crippen molar-refractivity contribution in [2.45, 2.75) is 71.8 Å². The maximum Gasteiger partial charge on any atom is 0.227 e. The standard InChI is InChI=1S/C18H27NO/c1-5-14(6-2)19-15(20)18-9-13-7-16(3,11-18)10-17(4,8-13)12-18/h1,13-14H,6-12H2,2-4H3,(H,19,20). The number of carbonyl (C=O) groups excluding carboxylic acids is 1. The Balaban J connectivity index is 1.85. The summed E-state index contributed by atoms with van der Waals surface area (Å²) in [5, 5.41) is 3.13. The average molecular weight is 273 g/mol. The van der Waals surface area contributed by atoms with E-state index in [0.29, 0.717) is 10.8 Å². The van der Waals surface area contributed by atoms with E-state index in [0.717, 1.165) is 31.6 Å². The number of hydrogen-bond donors (Lipinski definition) is 1. The molecule has 2 heteroatoms. The van der Waals surface area contributed by atoms with Crippen molar-refractivity contribution in [1.82, 2.24) is 5.32 Å². The van der Waals surface area contributed by atoms with Crippen LogP contribution in [0, 0.1) is 34.5 Å². The molecule has 3 unspecified atom stereocenters. The van der Waals surface area contributed by atoms with Crippen LogP contribution in [0.25, 0.3) is 0 Å². The van der Waals surface area contributed by atoms with Crippen molar-refractivity contribution in [2.75, 3.05) is 0 Å². The Hall–Kier alpha value is -0.970. The maximum absolute atomic E-state index is 12.9. The topological polar surface area (TPSA) is 29.1 Å². The van der Waals surface area contributed by atoms with Gasteiger partial charge >= 0.3 is 0 Å². The van der Waals surface area contributed by atoms with Crippen molar-refractivity contribution >= 4 is 5.91 Å². The molecule has 2 nitrogen and oxygen atoms in total. The molecule has 3 atom stereocenters. The van der Waals surface area contributed by atoms with Crippen LogP contribution in [0.4, 0.5) is 0 Å². The van der Waals surface area contributed by atoms with Crippen LogP contribution >= 0.6 is 0 Å². The normalized spacial score (nSPS) is 46.8. The second-order valence-corrected chi connectivity index (χ2v) is 8.51. The van der Waals surface area contributed by atoms with Crippen molar-refractivity contribution < 1.29 is 4.79 Å². The summed E-state index contributed by atoms with van der Waals surface area (Å²) in [5.74, 6) is 3.69. The van der Waals surface area contributed by atoms with Crippen molar-refractivity contribution in [2.24, 2.45) is 22.2 Å². The summed E-state index contributed by atoms with van der Waals surface area (Å²) in [6.07, 6.45) is 13.5. The lowest BCUT2D eigenvalue weighted by atomic mass is 9.40. The van der Waals surface area contributed by atoms with Crippen LogP contribution in [-0.4, -0.2) is 11.9 Å². The molecule has 4 fully saturated rings. The molecule has 1 amide bonds. The zero-order valence-electron chi connectivity index (χ0n) is 13.1. The van der Waals surface area contributed by atoms with Gasteiger partial charge in [-0.25, -0.2) is 0 Å². The van der Waals surface area contributed by atoms with Crippen molar-refractivity contribution in [3.63, 3.8) is 0 Å². The van der Waals surface area contributed by atoms with Gasteiger partial charge < -0.3 is 5.32 Å². The van der Waals surface area contributed by atoms with Gasteiger partial charge in [0.25, 0.3) is 0 Å². The summed E-state index contributed by atoms with van der Waals surface area (Å²) in [6, 6.07) is -0.101. The van der Waals surface area contributed by atoms with E-state index in [1.165, 1.54) is 19.3 Å². The number of hydrogen-bond acceptors (Lipinski definition) is 1. The molecule has 0 aliphatic heterocycles. The highest BCUT2D eigenvalue weighted by molar-refractivity contribution is 5.84. The van der Waals surface area contributed by atoms with E-state index in [1.807, 2.05) is 6.92 Å². The van der Waals surface area contributed by atoms with Gasteiger partial charge in [-0.3, -0.25) is 4.79 Å². The fourth-order valence-corrected chi connectivity index (χ4v) is 6.27. The molecule has 0 aromatic carbocycles. The molecule has 0 heterocycles. The van der Waals surface area contributed by atoms with Crippen molar-refractivity contribution in [3.05, 3.63) is 0 Å². The van der Waals surface area contributed by atoms with E-state index in [2.05, 4.69) is 25.1 Å². The fraction of sp³-hybridized carbons (Fsp3) is 0.833. The van der Waals surface area contributed by atoms with E-state index < -0.39 is 0 Å². The van der Waals surface area contributed by atoms with Crippen LogP contribution in [0.1, 0.15) is 65.7 Å². The SMILES string of the molecule is C#CC(CC)NC(=O)C12CC3CC(C)(CC(C)(C3)C1)C2. The summed E-state index contributed by atoms with van der Waals surface area (Å²) >= 11 is 0. The number of carbonyl (C=O) groups is 1. The van der Waals surface area contributed by atoms with Gasteiger partial charge in [-0.15, -0.1) is 6.42 Å². The fourth-order valence-electron chi connectivity index (χ4n) is 6.27. The first-order valence-electron chi connectivity index (χ1n) is 8.09. The summed E-state index contributed by atoms with van der Waals surface area (Å²) in [4.78, 5) is 12.9. The van der Waals surface area contributed by atoms with E-state index >= 15 is 0 Å². The Morgan fingerprint density at radius 1 is 1.25 bits per heavy atom. The monoisotopic (exact) mass is 273 g/mol. The maximum atomic E-state index is 12.9. The molecule has 4 saturated carbocycles. The minimum Gasteiger partial charge on any atom is -0.342 e. The Morgan fingerprint density at radius 3 is 2.30 bits per heavy atom. The van der Waals surface area contributed by atoms with Gasteiger partial charge in [0, 0.05) is 0 Å². The van der Waals surface area contributed by atoms with Crippen LogP contribution in [0.2, 0.25) is 0 Å². The quantitative estimate of drug-likeness (QED) is 0.783. The van der Waals surface area contributed by atoms with Crippen LogP contribution < -0.4 is 5.32 Å². The minimum absolute atomic E-state index is 0.101. The zero-order chi connectivity index (χ0) is 14.6. The van der Waals surface area contributed by atoms with Gasteiger partial charge in [0.05, 0.1) is 11.5 Å². The van der Waals surface area contributed by atoms with E-state index in [4.69, 9.17) is 6.42 Å². The highest BCUT2D eigenvalue weighted by Gasteiger charge is 2.62. The summed E-state index contributed by atoms with van der Waals surface area (Å²) < 4.78 is 0. The molecule has 0 aromatic heterocycles. The lowest BCUT2D eigenvalue weighted by molar-refractivity contribution is -0.170. The van der Waals surface area contributed by atoms with Crippen LogP contribution in [-0.2, 0) is 4.79 Å². The third-order valence-electron chi connectivity index (χ3n) is 6.02. The Morgan fingerprint density at radius 2 is 1.85 bits per heavy atom. The Labute approximate surface area is 123 Å². The molecule has 4 aliphatic carbocycles. The molecule has 110 valence electrons. The number of terminal acetylenes is 1. The number of amides is 1. The summed E-state index contributed by atoms with van der Waals surface area (Å²) in [7, 11) is 0. The van der Waals surface area contributed by atoms with Crippen molar-refractivity contribution in [3.8, 4) is 12.3 Å². The molecule has 0 aromatic rings. The van der Waals surface area contributed by atoms with Gasteiger partial charge in [0.2, 0.25) is 5.91 Å². The molecule has 0 radical (unpaired) electrons. The lowest BCUT2D eigenvalue weighted by Gasteiger charge is -2.64. The number of nitrogens with one attached hydrogen (secondary N) is 1. The molecular formula is C18H27NO. The van der Waals surface area contributed by atoms with Crippen LogP contribution in [0.3, 0.4) is 0 Å². The average Bonchev–Trinajstić information content (AvgIpc) is 2.31. The number of rotatable bonds is 3. The second kappa shape index (κ2) is 4.26.